The average Bonchev–Trinajstić information content (AvgIpc) is 3.34. The Labute approximate surface area is 218 Å². The van der Waals surface area contributed by atoms with Gasteiger partial charge in [-0.3, -0.25) is 19.2 Å². The highest BCUT2D eigenvalue weighted by Crippen LogP contribution is 2.07. The van der Waals surface area contributed by atoms with Crippen LogP contribution in [0.15, 0.2) is 12.5 Å². The lowest BCUT2D eigenvalue weighted by molar-refractivity contribution is -0.142. The van der Waals surface area contributed by atoms with E-state index in [-0.39, 0.29) is 32.1 Å². The van der Waals surface area contributed by atoms with Crippen LogP contribution in [0.2, 0.25) is 0 Å². The molecule has 15 heteroatoms. The van der Waals surface area contributed by atoms with Crippen molar-refractivity contribution < 1.29 is 29.1 Å². The van der Waals surface area contributed by atoms with Crippen molar-refractivity contribution in [3.63, 3.8) is 0 Å². The van der Waals surface area contributed by atoms with Crippen LogP contribution in [0.3, 0.4) is 0 Å². The molecule has 13 nitrogen and oxygen atoms in total. The van der Waals surface area contributed by atoms with Gasteiger partial charge in [0.05, 0.1) is 12.4 Å². The van der Waals surface area contributed by atoms with Crippen molar-refractivity contribution >= 4 is 53.1 Å². The summed E-state index contributed by atoms with van der Waals surface area (Å²) in [6, 6.07) is -4.27. The molecule has 4 unspecified atom stereocenters. The van der Waals surface area contributed by atoms with Gasteiger partial charge < -0.3 is 37.5 Å². The summed E-state index contributed by atoms with van der Waals surface area (Å²) in [4.78, 5) is 67.8. The van der Waals surface area contributed by atoms with Gasteiger partial charge in [-0.15, -0.1) is 0 Å². The molecule has 0 aromatic carbocycles. The molecule has 0 saturated carbocycles. The second-order valence-electron chi connectivity index (χ2n) is 7.98. The summed E-state index contributed by atoms with van der Waals surface area (Å²) < 4.78 is 0. The van der Waals surface area contributed by atoms with Gasteiger partial charge in [-0.1, -0.05) is 0 Å². The van der Waals surface area contributed by atoms with Crippen LogP contribution < -0.4 is 27.4 Å². The predicted molar refractivity (Wildman–Crippen MR) is 138 cm³/mol. The Morgan fingerprint density at radius 1 is 0.944 bits per heavy atom. The zero-order chi connectivity index (χ0) is 27.1. The van der Waals surface area contributed by atoms with Crippen LogP contribution in [0.25, 0.3) is 0 Å². The first-order valence-corrected chi connectivity index (χ1v) is 14.0. The number of rotatable bonds is 18. The zero-order valence-corrected chi connectivity index (χ0v) is 22.0. The van der Waals surface area contributed by atoms with Crippen LogP contribution in [-0.4, -0.2) is 92.9 Å². The van der Waals surface area contributed by atoms with E-state index in [0.29, 0.717) is 17.2 Å². The molecule has 9 N–H and O–H groups in total. The Bertz CT molecular complexity index is 871. The van der Waals surface area contributed by atoms with Crippen LogP contribution >= 0.6 is 23.5 Å². The minimum absolute atomic E-state index is 0.0140. The number of nitrogens with zero attached hydrogens (tertiary/aromatic N) is 1. The SMILES string of the molecule is CSCCC(NC(=O)C(N)CCC(N)=O)C(=O)NC(CCSC)C(=O)NC(Cc1cnc[nH]1)C(=O)O. The van der Waals surface area contributed by atoms with Gasteiger partial charge in [0.25, 0.3) is 0 Å². The Balaban J connectivity index is 2.91. The number of aromatic nitrogens is 2. The molecule has 0 aliphatic carbocycles. The summed E-state index contributed by atoms with van der Waals surface area (Å²) in [7, 11) is 0. The number of hydrogen-bond donors (Lipinski definition) is 7. The maximum Gasteiger partial charge on any atom is 0.326 e. The van der Waals surface area contributed by atoms with Crippen molar-refractivity contribution in [2.24, 2.45) is 11.5 Å². The molecule has 4 amide bonds. The Hall–Kier alpha value is -2.78. The third-order valence-corrected chi connectivity index (χ3v) is 6.41. The third kappa shape index (κ3) is 11.8. The van der Waals surface area contributed by atoms with E-state index in [4.69, 9.17) is 11.5 Å². The minimum atomic E-state index is -1.23. The van der Waals surface area contributed by atoms with Crippen molar-refractivity contribution in [3.05, 3.63) is 18.2 Å². The summed E-state index contributed by atoms with van der Waals surface area (Å²) in [5, 5.41) is 17.2. The molecule has 0 fully saturated rings. The van der Waals surface area contributed by atoms with Gasteiger partial charge in [0.15, 0.2) is 0 Å². The number of amides is 4. The van der Waals surface area contributed by atoms with Crippen molar-refractivity contribution in [1.29, 1.82) is 0 Å². The minimum Gasteiger partial charge on any atom is -0.480 e. The molecule has 0 aliphatic heterocycles. The lowest BCUT2D eigenvalue weighted by Gasteiger charge is -2.25. The molecule has 0 saturated heterocycles. The van der Waals surface area contributed by atoms with E-state index in [1.54, 1.807) is 0 Å². The number of thioether (sulfide) groups is 2. The van der Waals surface area contributed by atoms with Gasteiger partial charge in [0.2, 0.25) is 23.6 Å². The number of aromatic amines is 1. The number of aliphatic carboxylic acids is 1. The van der Waals surface area contributed by atoms with Gasteiger partial charge in [-0.2, -0.15) is 23.5 Å². The molecule has 0 bridgehead atoms. The first kappa shape index (κ1) is 31.3. The molecule has 4 atom stereocenters. The molecule has 1 aromatic heterocycles. The van der Waals surface area contributed by atoms with E-state index in [1.165, 1.54) is 36.0 Å². The van der Waals surface area contributed by atoms with E-state index >= 15 is 0 Å². The molecular formula is C21H35N7O6S2. The molecule has 1 aromatic rings. The highest BCUT2D eigenvalue weighted by atomic mass is 32.2. The van der Waals surface area contributed by atoms with E-state index in [0.717, 1.165) is 0 Å². The first-order valence-electron chi connectivity index (χ1n) is 11.2. The Morgan fingerprint density at radius 3 is 1.92 bits per heavy atom. The lowest BCUT2D eigenvalue weighted by Crippen LogP contribution is -2.57. The second-order valence-corrected chi connectivity index (χ2v) is 9.95. The summed E-state index contributed by atoms with van der Waals surface area (Å²) in [5.74, 6) is -2.63. The number of carbonyl (C=O) groups is 5. The summed E-state index contributed by atoms with van der Waals surface area (Å²) in [6.45, 7) is 0. The average molecular weight is 546 g/mol. The summed E-state index contributed by atoms with van der Waals surface area (Å²) in [5.41, 5.74) is 11.4. The second kappa shape index (κ2) is 16.8. The fourth-order valence-corrected chi connectivity index (χ4v) is 4.02. The molecular weight excluding hydrogens is 510 g/mol. The van der Waals surface area contributed by atoms with Crippen molar-refractivity contribution in [1.82, 2.24) is 25.9 Å². The fourth-order valence-electron chi connectivity index (χ4n) is 3.08. The number of hydrogen-bond acceptors (Lipinski definition) is 9. The topological polar surface area (TPSA) is 222 Å². The maximum absolute atomic E-state index is 13.1. The van der Waals surface area contributed by atoms with Gasteiger partial charge in [0, 0.05) is 24.7 Å². The van der Waals surface area contributed by atoms with E-state index in [2.05, 4.69) is 25.9 Å². The Kier molecular flexibility index (Phi) is 14.6. The molecule has 202 valence electrons. The molecule has 1 heterocycles. The van der Waals surface area contributed by atoms with Crippen LogP contribution in [0, 0.1) is 0 Å². The van der Waals surface area contributed by atoms with Gasteiger partial charge in [0.1, 0.15) is 18.1 Å². The fraction of sp³-hybridized carbons (Fsp3) is 0.619. The van der Waals surface area contributed by atoms with Crippen LogP contribution in [-0.2, 0) is 30.4 Å². The van der Waals surface area contributed by atoms with Gasteiger partial charge >= 0.3 is 5.97 Å². The quantitative estimate of drug-likeness (QED) is 0.114. The van der Waals surface area contributed by atoms with Crippen LogP contribution in [0.1, 0.15) is 31.4 Å². The number of carboxylic acids is 1. The largest absolute Gasteiger partial charge is 0.480 e. The zero-order valence-electron chi connectivity index (χ0n) is 20.3. The van der Waals surface area contributed by atoms with E-state index in [9.17, 15) is 29.1 Å². The highest BCUT2D eigenvalue weighted by Gasteiger charge is 2.30. The molecule has 0 radical (unpaired) electrons. The molecule has 0 aliphatic rings. The third-order valence-electron chi connectivity index (χ3n) is 5.12. The van der Waals surface area contributed by atoms with Crippen molar-refractivity contribution in [2.75, 3.05) is 24.0 Å². The lowest BCUT2D eigenvalue weighted by atomic mass is 10.1. The first-order chi connectivity index (χ1) is 17.1. The Morgan fingerprint density at radius 2 is 1.47 bits per heavy atom. The summed E-state index contributed by atoms with van der Waals surface area (Å²) in [6.07, 6.45) is 7.01. The number of nitrogens with two attached hydrogens (primary N) is 2. The maximum atomic E-state index is 13.1. The monoisotopic (exact) mass is 545 g/mol. The number of carboxylic acid groups (broad SMARTS) is 1. The van der Waals surface area contributed by atoms with Crippen molar-refractivity contribution in [2.45, 2.75) is 56.3 Å². The van der Waals surface area contributed by atoms with Gasteiger partial charge in [-0.25, -0.2) is 9.78 Å². The number of nitrogens with one attached hydrogen (secondary N) is 4. The smallest absolute Gasteiger partial charge is 0.326 e. The highest BCUT2D eigenvalue weighted by molar-refractivity contribution is 7.98. The summed E-state index contributed by atoms with van der Waals surface area (Å²) >= 11 is 2.93. The number of primary amides is 1. The van der Waals surface area contributed by atoms with Crippen LogP contribution in [0.4, 0.5) is 0 Å². The molecule has 1 rings (SSSR count). The van der Waals surface area contributed by atoms with Crippen molar-refractivity contribution in [3.8, 4) is 0 Å². The van der Waals surface area contributed by atoms with Gasteiger partial charge in [-0.05, 0) is 43.3 Å². The number of imidazole rings is 1. The molecule has 36 heavy (non-hydrogen) atoms. The molecule has 0 spiro atoms. The normalized spacial score (nSPS) is 14.2. The predicted octanol–water partition coefficient (Wildman–Crippen LogP) is -1.41. The number of carbonyl (C=O) groups excluding carboxylic acids is 4. The van der Waals surface area contributed by atoms with Crippen LogP contribution in [0.5, 0.6) is 0 Å². The number of H-pyrrole nitrogens is 1. The standard InChI is InChI=1S/C21H35N7O6S2/c1-35-7-5-14(26-18(30)13(22)3-4-17(23)29)19(31)27-15(6-8-36-2)20(32)28-16(21(33)34)9-12-10-24-11-25-12/h10-11,13-16H,3-9,22H2,1-2H3,(H2,23,29)(H,24,25)(H,26,30)(H,27,31)(H,28,32)(H,33,34). The van der Waals surface area contributed by atoms with E-state index in [1.807, 2.05) is 12.5 Å². The van der Waals surface area contributed by atoms with E-state index < -0.39 is 53.8 Å².